The van der Waals surface area contributed by atoms with Crippen molar-refractivity contribution in [1.29, 1.82) is 0 Å². The molecule has 1 unspecified atom stereocenters. The summed E-state index contributed by atoms with van der Waals surface area (Å²) in [5.41, 5.74) is 2.15. The fraction of sp³-hybridized carbons (Fsp3) is 0.533. The minimum Gasteiger partial charge on any atom is -0.378 e. The van der Waals surface area contributed by atoms with Crippen LogP contribution in [0, 0.1) is 0 Å². The lowest BCUT2D eigenvalue weighted by Gasteiger charge is -2.23. The first-order valence-electron chi connectivity index (χ1n) is 7.10. The van der Waals surface area contributed by atoms with Crippen molar-refractivity contribution >= 4 is 38.6 Å². The van der Waals surface area contributed by atoms with E-state index < -0.39 is 0 Å². The van der Waals surface area contributed by atoms with Crippen LogP contribution in [0.3, 0.4) is 0 Å². The normalized spacial score (nSPS) is 19.6. The number of hydrogen-bond acceptors (Lipinski definition) is 2. The summed E-state index contributed by atoms with van der Waals surface area (Å²) in [7, 11) is 0. The third kappa shape index (κ3) is 3.02. The van der Waals surface area contributed by atoms with Crippen molar-refractivity contribution in [2.24, 2.45) is 0 Å². The molecule has 1 aromatic heterocycles. The van der Waals surface area contributed by atoms with Crippen LogP contribution in [0.25, 0.3) is 11.0 Å². The predicted octanol–water partition coefficient (Wildman–Crippen LogP) is 4.50. The van der Waals surface area contributed by atoms with Gasteiger partial charge in [0.25, 0.3) is 0 Å². The van der Waals surface area contributed by atoms with Crippen LogP contribution in [0.1, 0.15) is 31.5 Å². The second-order valence-electron chi connectivity index (χ2n) is 5.22. The molecular weight excluding hydrogens is 340 g/mol. The molecule has 0 radical (unpaired) electrons. The topological polar surface area (TPSA) is 27.1 Å². The Balaban J connectivity index is 1.81. The molecule has 1 atom stereocenters. The van der Waals surface area contributed by atoms with E-state index in [1.54, 1.807) is 0 Å². The lowest BCUT2D eigenvalue weighted by molar-refractivity contribution is 0.00889. The van der Waals surface area contributed by atoms with Gasteiger partial charge in [0.05, 0.1) is 23.0 Å². The van der Waals surface area contributed by atoms with Gasteiger partial charge in [0.2, 0.25) is 0 Å². The molecule has 3 rings (SSSR count). The summed E-state index contributed by atoms with van der Waals surface area (Å²) in [6.45, 7) is 1.83. The standard InChI is InChI=1S/C15H18BrClN2O/c16-11-4-5-14-13(9-11)18-15(10-17)19(14)7-6-12-3-1-2-8-20-12/h4-5,9,12H,1-3,6-8,10H2. The minimum atomic E-state index is 0.389. The first-order chi connectivity index (χ1) is 9.78. The number of alkyl halides is 1. The van der Waals surface area contributed by atoms with Crippen molar-refractivity contribution in [2.75, 3.05) is 6.61 Å². The molecule has 1 fully saturated rings. The maximum absolute atomic E-state index is 6.04. The van der Waals surface area contributed by atoms with Crippen LogP contribution in [0.2, 0.25) is 0 Å². The van der Waals surface area contributed by atoms with Gasteiger partial charge in [0.15, 0.2) is 0 Å². The Bertz CT molecular complexity index is 593. The molecule has 1 aromatic carbocycles. The number of halogens is 2. The Labute approximate surface area is 132 Å². The third-order valence-electron chi connectivity index (χ3n) is 3.86. The smallest absolute Gasteiger partial charge is 0.124 e. The highest BCUT2D eigenvalue weighted by Gasteiger charge is 2.16. The van der Waals surface area contributed by atoms with E-state index in [0.717, 1.165) is 40.9 Å². The second kappa shape index (κ2) is 6.46. The fourth-order valence-electron chi connectivity index (χ4n) is 2.81. The molecule has 0 saturated carbocycles. The molecule has 0 spiro atoms. The number of benzene rings is 1. The molecule has 3 nitrogen and oxygen atoms in total. The van der Waals surface area contributed by atoms with Crippen LogP contribution in [-0.4, -0.2) is 22.3 Å². The molecule has 1 aliphatic rings. The van der Waals surface area contributed by atoms with Gasteiger partial charge in [0, 0.05) is 17.6 Å². The molecule has 5 heteroatoms. The Hall–Kier alpha value is -0.580. The van der Waals surface area contributed by atoms with Crippen LogP contribution in [0.5, 0.6) is 0 Å². The number of aryl methyl sites for hydroxylation is 1. The number of rotatable bonds is 4. The van der Waals surface area contributed by atoms with Crippen molar-refractivity contribution in [3.63, 3.8) is 0 Å². The minimum absolute atomic E-state index is 0.389. The van der Waals surface area contributed by atoms with Gasteiger partial charge in [-0.25, -0.2) is 4.98 Å². The van der Waals surface area contributed by atoms with Gasteiger partial charge >= 0.3 is 0 Å². The number of ether oxygens (including phenoxy) is 1. The Morgan fingerprint density at radius 3 is 3.05 bits per heavy atom. The molecule has 0 N–H and O–H groups in total. The summed E-state index contributed by atoms with van der Waals surface area (Å²) in [5.74, 6) is 1.38. The van der Waals surface area contributed by atoms with Gasteiger partial charge in [-0.05, 0) is 43.9 Å². The van der Waals surface area contributed by atoms with E-state index in [2.05, 4.69) is 37.6 Å². The maximum Gasteiger partial charge on any atom is 0.124 e. The van der Waals surface area contributed by atoms with Crippen molar-refractivity contribution in [3.8, 4) is 0 Å². The quantitative estimate of drug-likeness (QED) is 0.753. The number of hydrogen-bond donors (Lipinski definition) is 0. The summed E-state index contributed by atoms with van der Waals surface area (Å²) in [6.07, 6.45) is 5.08. The van der Waals surface area contributed by atoms with Gasteiger partial charge < -0.3 is 9.30 Å². The summed E-state index contributed by atoms with van der Waals surface area (Å²) in [6, 6.07) is 6.19. The van der Waals surface area contributed by atoms with E-state index >= 15 is 0 Å². The van der Waals surface area contributed by atoms with Crippen LogP contribution >= 0.6 is 27.5 Å². The van der Waals surface area contributed by atoms with Crippen molar-refractivity contribution in [2.45, 2.75) is 44.2 Å². The molecule has 0 bridgehead atoms. The molecule has 1 aliphatic heterocycles. The van der Waals surface area contributed by atoms with E-state index in [1.165, 1.54) is 19.3 Å². The van der Waals surface area contributed by atoms with Gasteiger partial charge in [0.1, 0.15) is 5.82 Å². The zero-order valence-electron chi connectivity index (χ0n) is 11.3. The average Bonchev–Trinajstić information content (AvgIpc) is 2.83. The molecule has 2 heterocycles. The number of aromatic nitrogens is 2. The molecule has 2 aromatic rings. The highest BCUT2D eigenvalue weighted by Crippen LogP contribution is 2.23. The first kappa shape index (κ1) is 14.4. The maximum atomic E-state index is 6.04. The summed E-state index contributed by atoms with van der Waals surface area (Å²) in [5, 5.41) is 0. The number of imidazole rings is 1. The summed E-state index contributed by atoms with van der Waals surface area (Å²) in [4.78, 5) is 4.62. The zero-order chi connectivity index (χ0) is 13.9. The highest BCUT2D eigenvalue weighted by molar-refractivity contribution is 9.10. The third-order valence-corrected chi connectivity index (χ3v) is 4.59. The van der Waals surface area contributed by atoms with E-state index in [1.807, 2.05) is 6.07 Å². The largest absolute Gasteiger partial charge is 0.378 e. The lowest BCUT2D eigenvalue weighted by Crippen LogP contribution is -2.21. The molecule has 108 valence electrons. The lowest BCUT2D eigenvalue weighted by atomic mass is 10.1. The van der Waals surface area contributed by atoms with Crippen molar-refractivity contribution < 1.29 is 4.74 Å². The molecule has 20 heavy (non-hydrogen) atoms. The van der Waals surface area contributed by atoms with E-state index in [-0.39, 0.29) is 0 Å². The van der Waals surface area contributed by atoms with Gasteiger partial charge in [-0.1, -0.05) is 15.9 Å². The Morgan fingerprint density at radius 2 is 2.30 bits per heavy atom. The molecule has 0 amide bonds. The number of fused-ring (bicyclic) bond motifs is 1. The zero-order valence-corrected chi connectivity index (χ0v) is 13.7. The Kier molecular flexibility index (Phi) is 4.64. The van der Waals surface area contributed by atoms with Crippen molar-refractivity contribution in [1.82, 2.24) is 9.55 Å². The van der Waals surface area contributed by atoms with E-state index in [9.17, 15) is 0 Å². The van der Waals surface area contributed by atoms with Crippen molar-refractivity contribution in [3.05, 3.63) is 28.5 Å². The molecular formula is C15H18BrClN2O. The molecule has 1 saturated heterocycles. The monoisotopic (exact) mass is 356 g/mol. The fourth-order valence-corrected chi connectivity index (χ4v) is 3.37. The highest BCUT2D eigenvalue weighted by atomic mass is 79.9. The van der Waals surface area contributed by atoms with Gasteiger partial charge in [-0.3, -0.25) is 0 Å². The van der Waals surface area contributed by atoms with Crippen LogP contribution in [-0.2, 0) is 17.2 Å². The van der Waals surface area contributed by atoms with Crippen LogP contribution in [0.15, 0.2) is 22.7 Å². The van der Waals surface area contributed by atoms with Crippen LogP contribution < -0.4 is 0 Å². The second-order valence-corrected chi connectivity index (χ2v) is 6.41. The first-order valence-corrected chi connectivity index (χ1v) is 8.43. The van der Waals surface area contributed by atoms with E-state index in [4.69, 9.17) is 16.3 Å². The van der Waals surface area contributed by atoms with Crippen LogP contribution in [0.4, 0.5) is 0 Å². The van der Waals surface area contributed by atoms with Gasteiger partial charge in [-0.15, -0.1) is 11.6 Å². The van der Waals surface area contributed by atoms with E-state index in [0.29, 0.717) is 12.0 Å². The number of nitrogens with zero attached hydrogens (tertiary/aromatic N) is 2. The predicted molar refractivity (Wildman–Crippen MR) is 85.2 cm³/mol. The molecule has 0 aliphatic carbocycles. The SMILES string of the molecule is ClCc1nc2cc(Br)ccc2n1CCC1CCCCO1. The Morgan fingerprint density at radius 1 is 1.40 bits per heavy atom. The summed E-state index contributed by atoms with van der Waals surface area (Å²) < 4.78 is 9.08. The summed E-state index contributed by atoms with van der Waals surface area (Å²) >= 11 is 9.53. The van der Waals surface area contributed by atoms with Gasteiger partial charge in [-0.2, -0.15) is 0 Å². The average molecular weight is 358 g/mol.